The van der Waals surface area contributed by atoms with Gasteiger partial charge in [0.15, 0.2) is 9.84 Å². The molecule has 2 aromatic heterocycles. The summed E-state index contributed by atoms with van der Waals surface area (Å²) in [5.41, 5.74) is 1.80. The Morgan fingerprint density at radius 2 is 2.29 bits per heavy atom. The molecular weight excluding hydrogens is 350 g/mol. The maximum atomic E-state index is 11.7. The van der Waals surface area contributed by atoms with Crippen molar-refractivity contribution in [2.24, 2.45) is 0 Å². The average molecular weight is 372 g/mol. The van der Waals surface area contributed by atoms with Gasteiger partial charge >= 0.3 is 0 Å². The summed E-state index contributed by atoms with van der Waals surface area (Å²) in [6, 6.07) is -0.142. The molecule has 1 saturated heterocycles. The van der Waals surface area contributed by atoms with Crippen LogP contribution in [0.3, 0.4) is 0 Å². The van der Waals surface area contributed by atoms with E-state index in [1.807, 2.05) is 17.7 Å². The molecule has 1 aliphatic heterocycles. The number of nitrogens with zero attached hydrogens (tertiary/aromatic N) is 4. The van der Waals surface area contributed by atoms with Crippen molar-refractivity contribution in [2.75, 3.05) is 18.1 Å². The Bertz CT molecular complexity index is 785. The number of aromatic nitrogens is 4. The van der Waals surface area contributed by atoms with Gasteiger partial charge in [-0.15, -0.1) is 0 Å². The fourth-order valence-electron chi connectivity index (χ4n) is 2.98. The highest BCUT2D eigenvalue weighted by Crippen LogP contribution is 2.29. The Balaban J connectivity index is 1.54. The molecule has 1 aliphatic rings. The maximum Gasteiger partial charge on any atom is 0.152 e. The Morgan fingerprint density at radius 3 is 2.96 bits per heavy atom. The van der Waals surface area contributed by atoms with Gasteiger partial charge in [-0.25, -0.2) is 18.1 Å². The van der Waals surface area contributed by atoms with Crippen molar-refractivity contribution >= 4 is 21.4 Å². The van der Waals surface area contributed by atoms with Crippen LogP contribution in [-0.2, 0) is 22.9 Å². The van der Waals surface area contributed by atoms with Crippen molar-refractivity contribution in [1.82, 2.24) is 24.6 Å². The molecule has 0 aromatic carbocycles. The van der Waals surface area contributed by atoms with Crippen LogP contribution in [0.4, 0.5) is 0 Å². The van der Waals surface area contributed by atoms with Crippen LogP contribution in [0.5, 0.6) is 0 Å². The van der Waals surface area contributed by atoms with Gasteiger partial charge in [0.05, 0.1) is 29.6 Å². The summed E-state index contributed by atoms with van der Waals surface area (Å²) in [4.78, 5) is 4.01. The van der Waals surface area contributed by atoms with Gasteiger partial charge < -0.3 is 9.88 Å². The minimum atomic E-state index is -2.95. The molecule has 24 heavy (non-hydrogen) atoms. The van der Waals surface area contributed by atoms with Gasteiger partial charge in [-0.05, 0) is 26.3 Å². The molecule has 1 fully saturated rings. The van der Waals surface area contributed by atoms with Crippen LogP contribution in [0.2, 0.25) is 5.15 Å². The standard InChI is InChI=1S/C15H22ClN5O2S/c1-12-14(9-17-4-2-6-20-7-5-18-11-20)15(16)21(19-12)13-3-8-24(22,23)10-13/h5,7,11,13,17H,2-4,6,8-10H2,1H3/t13-/m1/s1. The van der Waals surface area contributed by atoms with E-state index in [0.29, 0.717) is 18.1 Å². The quantitative estimate of drug-likeness (QED) is 0.747. The van der Waals surface area contributed by atoms with Gasteiger partial charge in [0.25, 0.3) is 0 Å². The van der Waals surface area contributed by atoms with Gasteiger partial charge in [-0.2, -0.15) is 5.10 Å². The van der Waals surface area contributed by atoms with Gasteiger partial charge in [-0.3, -0.25) is 0 Å². The van der Waals surface area contributed by atoms with E-state index >= 15 is 0 Å². The van der Waals surface area contributed by atoms with E-state index in [9.17, 15) is 8.42 Å². The maximum absolute atomic E-state index is 11.7. The molecule has 0 amide bonds. The van der Waals surface area contributed by atoms with Gasteiger partial charge in [0.2, 0.25) is 0 Å². The summed E-state index contributed by atoms with van der Waals surface area (Å²) in [5, 5.41) is 8.39. The summed E-state index contributed by atoms with van der Waals surface area (Å²) < 4.78 is 27.0. The molecule has 0 unspecified atom stereocenters. The van der Waals surface area contributed by atoms with E-state index in [2.05, 4.69) is 15.4 Å². The lowest BCUT2D eigenvalue weighted by atomic mass is 10.2. The summed E-state index contributed by atoms with van der Waals surface area (Å²) in [6.07, 6.45) is 7.10. The van der Waals surface area contributed by atoms with E-state index in [4.69, 9.17) is 11.6 Å². The number of sulfone groups is 1. The van der Waals surface area contributed by atoms with Gasteiger partial charge in [0, 0.05) is 31.0 Å². The Hall–Kier alpha value is -1.38. The molecule has 0 saturated carbocycles. The SMILES string of the molecule is Cc1nn([C@@H]2CCS(=O)(=O)C2)c(Cl)c1CNCCCn1ccnc1. The number of rotatable bonds is 7. The van der Waals surface area contributed by atoms with Crippen LogP contribution in [0, 0.1) is 6.92 Å². The van der Waals surface area contributed by atoms with E-state index < -0.39 is 9.84 Å². The lowest BCUT2D eigenvalue weighted by Gasteiger charge is -2.10. The van der Waals surface area contributed by atoms with Crippen LogP contribution >= 0.6 is 11.6 Å². The number of halogens is 1. The predicted octanol–water partition coefficient (Wildman–Crippen LogP) is 1.58. The molecule has 132 valence electrons. The van der Waals surface area contributed by atoms with Crippen molar-refractivity contribution in [1.29, 1.82) is 0 Å². The van der Waals surface area contributed by atoms with Crippen LogP contribution < -0.4 is 5.32 Å². The molecule has 3 heterocycles. The second kappa shape index (κ2) is 7.25. The minimum Gasteiger partial charge on any atom is -0.337 e. The highest BCUT2D eigenvalue weighted by atomic mass is 35.5. The Morgan fingerprint density at radius 1 is 1.46 bits per heavy atom. The third kappa shape index (κ3) is 3.99. The molecule has 0 aliphatic carbocycles. The van der Waals surface area contributed by atoms with Crippen LogP contribution in [-0.4, -0.2) is 45.8 Å². The second-order valence-electron chi connectivity index (χ2n) is 6.19. The zero-order valence-electron chi connectivity index (χ0n) is 13.7. The molecular formula is C15H22ClN5O2S. The zero-order valence-corrected chi connectivity index (χ0v) is 15.2. The topological polar surface area (TPSA) is 81.8 Å². The number of imidazole rings is 1. The number of nitrogens with one attached hydrogen (secondary N) is 1. The normalized spacial score (nSPS) is 19.8. The first kappa shape index (κ1) is 17.4. The lowest BCUT2D eigenvalue weighted by Crippen LogP contribution is -2.17. The molecule has 2 aromatic rings. The smallest absolute Gasteiger partial charge is 0.152 e. The van der Waals surface area contributed by atoms with E-state index in [1.165, 1.54) is 0 Å². The molecule has 0 bridgehead atoms. The zero-order chi connectivity index (χ0) is 17.2. The van der Waals surface area contributed by atoms with Crippen LogP contribution in [0.25, 0.3) is 0 Å². The molecule has 1 N–H and O–H groups in total. The summed E-state index contributed by atoms with van der Waals surface area (Å²) in [7, 11) is -2.95. The monoisotopic (exact) mass is 371 g/mol. The fourth-order valence-corrected chi connectivity index (χ4v) is 5.05. The molecule has 9 heteroatoms. The Kier molecular flexibility index (Phi) is 5.27. The highest BCUT2D eigenvalue weighted by Gasteiger charge is 2.31. The molecule has 3 rings (SSSR count). The van der Waals surface area contributed by atoms with Crippen LogP contribution in [0.15, 0.2) is 18.7 Å². The summed E-state index contributed by atoms with van der Waals surface area (Å²) in [5.74, 6) is 0.348. The molecule has 0 spiro atoms. The minimum absolute atomic E-state index is 0.131. The van der Waals surface area contributed by atoms with E-state index in [-0.39, 0.29) is 17.5 Å². The third-order valence-corrected chi connectivity index (χ3v) is 6.48. The second-order valence-corrected chi connectivity index (χ2v) is 8.77. The first-order valence-corrected chi connectivity index (χ1v) is 10.3. The molecule has 1 atom stereocenters. The predicted molar refractivity (Wildman–Crippen MR) is 92.8 cm³/mol. The van der Waals surface area contributed by atoms with Crippen molar-refractivity contribution < 1.29 is 8.42 Å². The van der Waals surface area contributed by atoms with E-state index in [0.717, 1.165) is 30.8 Å². The third-order valence-electron chi connectivity index (χ3n) is 4.33. The van der Waals surface area contributed by atoms with Gasteiger partial charge in [0.1, 0.15) is 5.15 Å². The summed E-state index contributed by atoms with van der Waals surface area (Å²) in [6.45, 7) is 4.32. The van der Waals surface area contributed by atoms with Crippen molar-refractivity contribution in [3.8, 4) is 0 Å². The number of aryl methyl sites for hydroxylation is 2. The molecule has 0 radical (unpaired) electrons. The number of hydrogen-bond donors (Lipinski definition) is 1. The molecule has 7 nitrogen and oxygen atoms in total. The lowest BCUT2D eigenvalue weighted by molar-refractivity contribution is 0.497. The Labute approximate surface area is 146 Å². The van der Waals surface area contributed by atoms with Crippen molar-refractivity contribution in [2.45, 2.75) is 38.9 Å². The summed E-state index contributed by atoms with van der Waals surface area (Å²) >= 11 is 6.45. The van der Waals surface area contributed by atoms with Crippen LogP contribution in [0.1, 0.15) is 30.1 Å². The highest BCUT2D eigenvalue weighted by molar-refractivity contribution is 7.91. The van der Waals surface area contributed by atoms with Crippen molar-refractivity contribution in [3.05, 3.63) is 35.1 Å². The largest absolute Gasteiger partial charge is 0.337 e. The average Bonchev–Trinajstić information content (AvgIpc) is 3.22. The van der Waals surface area contributed by atoms with E-state index in [1.54, 1.807) is 17.2 Å². The number of hydrogen-bond acceptors (Lipinski definition) is 5. The fraction of sp³-hybridized carbons (Fsp3) is 0.600. The van der Waals surface area contributed by atoms with Crippen molar-refractivity contribution in [3.63, 3.8) is 0 Å². The van der Waals surface area contributed by atoms with Gasteiger partial charge in [-0.1, -0.05) is 11.6 Å². The first-order valence-electron chi connectivity index (χ1n) is 8.06. The first-order chi connectivity index (χ1) is 11.5.